The van der Waals surface area contributed by atoms with Gasteiger partial charge in [0.15, 0.2) is 6.10 Å². The maximum Gasteiger partial charge on any atom is 0.306 e. The summed E-state index contributed by atoms with van der Waals surface area (Å²) in [5, 5.41) is 0. The Morgan fingerprint density at radius 3 is 0.966 bits per heavy atom. The summed E-state index contributed by atoms with van der Waals surface area (Å²) in [7, 11) is 0. The normalized spacial score (nSPS) is 12.7. The van der Waals surface area contributed by atoms with E-state index in [1.165, 1.54) is 103 Å². The molecule has 0 radical (unpaired) electrons. The van der Waals surface area contributed by atoms with E-state index in [4.69, 9.17) is 14.2 Å². The molecule has 0 N–H and O–H groups in total. The van der Waals surface area contributed by atoms with Crippen molar-refractivity contribution < 1.29 is 28.6 Å². The Balaban J connectivity index is 4.36. The van der Waals surface area contributed by atoms with Crippen LogP contribution in [0.3, 0.4) is 0 Å². The summed E-state index contributed by atoms with van der Waals surface area (Å²) in [6.07, 6.45) is 58.9. The van der Waals surface area contributed by atoms with Gasteiger partial charge in [-0.25, -0.2) is 0 Å². The number of ether oxygens (including phenoxy) is 3. The van der Waals surface area contributed by atoms with E-state index in [0.29, 0.717) is 12.8 Å². The van der Waals surface area contributed by atoms with Gasteiger partial charge >= 0.3 is 17.9 Å². The smallest absolute Gasteiger partial charge is 0.306 e. The SMILES string of the molecule is CCCC/C=C\C=C/CCCCCC(=O)OCC(COC(=O)CCCCCCCCCCCC/C=C\C=C/CCCCC)OC(=O)CCCCC/C=C\C=C/CCCC. The minimum atomic E-state index is -0.799. The first-order valence-corrected chi connectivity index (χ1v) is 24.5. The lowest BCUT2D eigenvalue weighted by Gasteiger charge is -2.18. The van der Waals surface area contributed by atoms with Crippen LogP contribution in [0.1, 0.15) is 226 Å². The van der Waals surface area contributed by atoms with Crippen LogP contribution < -0.4 is 0 Å². The average Bonchev–Trinajstić information content (AvgIpc) is 3.23. The number of carbonyl (C=O) groups is 3. The van der Waals surface area contributed by atoms with Crippen LogP contribution in [-0.2, 0) is 28.6 Å². The molecule has 1 unspecified atom stereocenters. The topological polar surface area (TPSA) is 78.9 Å². The lowest BCUT2D eigenvalue weighted by Crippen LogP contribution is -2.30. The molecule has 0 saturated carbocycles. The highest BCUT2D eigenvalue weighted by Gasteiger charge is 2.19. The Bertz CT molecular complexity index is 1130. The number of esters is 3. The molecule has 0 fully saturated rings. The molecule has 1 atom stereocenters. The first-order chi connectivity index (χ1) is 29.0. The molecule has 0 aromatic heterocycles. The van der Waals surface area contributed by atoms with E-state index in [1.54, 1.807) is 0 Å². The van der Waals surface area contributed by atoms with Crippen LogP contribution in [0.15, 0.2) is 72.9 Å². The average molecular weight is 823 g/mol. The standard InChI is InChI=1S/C53H90O6/c1-4-7-10-13-16-19-22-23-24-25-26-27-28-29-32-34-37-40-43-46-52(55)58-49-50(59-53(56)47-44-41-38-35-31-21-18-15-12-9-6-3)48-57-51(54)45-42-39-36-33-30-20-17-14-11-8-5-2/h14-23,30-31,50H,4-13,24-29,32-49H2,1-3H3/b17-14-,18-15-,19-16-,23-22-,30-20-,31-21-. The zero-order valence-corrected chi connectivity index (χ0v) is 38.5. The third-order valence-corrected chi connectivity index (χ3v) is 10.2. The van der Waals surface area contributed by atoms with Gasteiger partial charge in [-0.2, -0.15) is 0 Å². The Labute approximate surface area is 363 Å². The molecule has 0 saturated heterocycles. The summed E-state index contributed by atoms with van der Waals surface area (Å²) in [6, 6.07) is 0. The van der Waals surface area contributed by atoms with E-state index >= 15 is 0 Å². The molecule has 0 amide bonds. The molecule has 6 nitrogen and oxygen atoms in total. The van der Waals surface area contributed by atoms with Crippen LogP contribution in [0.25, 0.3) is 0 Å². The highest BCUT2D eigenvalue weighted by Crippen LogP contribution is 2.14. The Morgan fingerprint density at radius 2 is 0.610 bits per heavy atom. The number of hydrogen-bond acceptors (Lipinski definition) is 6. The lowest BCUT2D eigenvalue weighted by atomic mass is 10.1. The third kappa shape index (κ3) is 45.8. The summed E-state index contributed by atoms with van der Waals surface area (Å²) in [5.74, 6) is -0.961. The quantitative estimate of drug-likeness (QED) is 0.0264. The van der Waals surface area contributed by atoms with Gasteiger partial charge in [-0.3, -0.25) is 14.4 Å². The predicted octanol–water partition coefficient (Wildman–Crippen LogP) is 15.9. The summed E-state index contributed by atoms with van der Waals surface area (Å²) in [6.45, 7) is 6.44. The van der Waals surface area contributed by atoms with Gasteiger partial charge in [0.1, 0.15) is 13.2 Å². The van der Waals surface area contributed by atoms with Crippen LogP contribution in [0, 0.1) is 0 Å². The van der Waals surface area contributed by atoms with Gasteiger partial charge in [-0.1, -0.05) is 196 Å². The molecule has 0 spiro atoms. The molecule has 0 heterocycles. The molecule has 0 aliphatic heterocycles. The van der Waals surface area contributed by atoms with Gasteiger partial charge in [0.25, 0.3) is 0 Å². The number of allylic oxidation sites excluding steroid dienone is 12. The van der Waals surface area contributed by atoms with Crippen molar-refractivity contribution in [3.05, 3.63) is 72.9 Å². The van der Waals surface area contributed by atoms with Gasteiger partial charge in [-0.05, 0) is 83.5 Å². The second kappa shape index (κ2) is 47.5. The number of unbranched alkanes of at least 4 members (excludes halogenated alkanes) is 23. The van der Waals surface area contributed by atoms with Crippen LogP contribution in [0.5, 0.6) is 0 Å². The van der Waals surface area contributed by atoms with E-state index in [0.717, 1.165) is 83.5 Å². The molecule has 0 aliphatic rings. The van der Waals surface area contributed by atoms with Crippen molar-refractivity contribution in [1.82, 2.24) is 0 Å². The fourth-order valence-corrected chi connectivity index (χ4v) is 6.44. The maximum atomic E-state index is 12.7. The van der Waals surface area contributed by atoms with Crippen molar-refractivity contribution in [2.24, 2.45) is 0 Å². The molecule has 6 heteroatoms. The Hall–Kier alpha value is -3.15. The third-order valence-electron chi connectivity index (χ3n) is 10.2. The van der Waals surface area contributed by atoms with E-state index in [2.05, 4.69) is 93.7 Å². The monoisotopic (exact) mass is 823 g/mol. The number of hydrogen-bond donors (Lipinski definition) is 0. The Kier molecular flexibility index (Phi) is 45.0. The van der Waals surface area contributed by atoms with Gasteiger partial charge in [0, 0.05) is 19.3 Å². The van der Waals surface area contributed by atoms with Crippen molar-refractivity contribution in [3.63, 3.8) is 0 Å². The lowest BCUT2D eigenvalue weighted by molar-refractivity contribution is -0.167. The fourth-order valence-electron chi connectivity index (χ4n) is 6.44. The van der Waals surface area contributed by atoms with Crippen LogP contribution in [-0.4, -0.2) is 37.2 Å². The molecule has 0 rings (SSSR count). The second-order valence-corrected chi connectivity index (χ2v) is 16.1. The first kappa shape index (κ1) is 55.9. The second-order valence-electron chi connectivity index (χ2n) is 16.1. The molecule has 0 aromatic rings. The highest BCUT2D eigenvalue weighted by atomic mass is 16.6. The van der Waals surface area contributed by atoms with Crippen LogP contribution in [0.4, 0.5) is 0 Å². The van der Waals surface area contributed by atoms with Crippen molar-refractivity contribution >= 4 is 17.9 Å². The van der Waals surface area contributed by atoms with Crippen LogP contribution in [0.2, 0.25) is 0 Å². The van der Waals surface area contributed by atoms with E-state index in [9.17, 15) is 14.4 Å². The van der Waals surface area contributed by atoms with Crippen molar-refractivity contribution in [2.45, 2.75) is 232 Å². The molecule has 0 bridgehead atoms. The van der Waals surface area contributed by atoms with Crippen molar-refractivity contribution in [2.75, 3.05) is 13.2 Å². The van der Waals surface area contributed by atoms with E-state index in [-0.39, 0.29) is 37.5 Å². The minimum Gasteiger partial charge on any atom is -0.462 e. The Morgan fingerprint density at radius 1 is 0.339 bits per heavy atom. The summed E-state index contributed by atoms with van der Waals surface area (Å²) in [4.78, 5) is 37.8. The predicted molar refractivity (Wildman–Crippen MR) is 251 cm³/mol. The minimum absolute atomic E-state index is 0.0971. The van der Waals surface area contributed by atoms with Gasteiger partial charge in [0.2, 0.25) is 0 Å². The molecule has 0 aliphatic carbocycles. The largest absolute Gasteiger partial charge is 0.462 e. The number of carbonyl (C=O) groups excluding carboxylic acids is 3. The fraction of sp³-hybridized carbons (Fsp3) is 0.717. The first-order valence-electron chi connectivity index (χ1n) is 24.5. The zero-order valence-electron chi connectivity index (χ0n) is 38.5. The maximum absolute atomic E-state index is 12.7. The van der Waals surface area contributed by atoms with Gasteiger partial charge in [-0.15, -0.1) is 0 Å². The highest BCUT2D eigenvalue weighted by molar-refractivity contribution is 5.71. The number of rotatable bonds is 43. The molecular formula is C53H90O6. The zero-order chi connectivity index (χ0) is 43.0. The van der Waals surface area contributed by atoms with Crippen molar-refractivity contribution in [1.29, 1.82) is 0 Å². The van der Waals surface area contributed by atoms with Gasteiger partial charge in [0.05, 0.1) is 0 Å². The van der Waals surface area contributed by atoms with Crippen molar-refractivity contribution in [3.8, 4) is 0 Å². The molecule has 59 heavy (non-hydrogen) atoms. The summed E-state index contributed by atoms with van der Waals surface area (Å²) < 4.78 is 16.7. The molecule has 338 valence electrons. The summed E-state index contributed by atoms with van der Waals surface area (Å²) >= 11 is 0. The van der Waals surface area contributed by atoms with E-state index in [1.807, 2.05) is 0 Å². The van der Waals surface area contributed by atoms with Crippen LogP contribution >= 0.6 is 0 Å². The summed E-state index contributed by atoms with van der Waals surface area (Å²) in [5.41, 5.74) is 0. The molecular weight excluding hydrogens is 733 g/mol. The molecule has 0 aromatic carbocycles. The van der Waals surface area contributed by atoms with E-state index < -0.39 is 6.10 Å². The van der Waals surface area contributed by atoms with Gasteiger partial charge < -0.3 is 14.2 Å².